The molecule has 1 aromatic rings. The van der Waals surface area contributed by atoms with Crippen LogP contribution < -0.4 is 10.1 Å². The van der Waals surface area contributed by atoms with Gasteiger partial charge in [0.2, 0.25) is 0 Å². The summed E-state index contributed by atoms with van der Waals surface area (Å²) in [5.41, 5.74) is 1.22. The monoisotopic (exact) mass is 313 g/mol. The fourth-order valence-corrected chi connectivity index (χ4v) is 2.06. The average molecular weight is 314 g/mol. The van der Waals surface area contributed by atoms with Crippen LogP contribution in [-0.2, 0) is 0 Å². The maximum absolute atomic E-state index is 6.09. The predicted molar refractivity (Wildman–Crippen MR) is 81.2 cm³/mol. The molecule has 0 fully saturated rings. The number of nitrogens with one attached hydrogen (secondary N) is 1. The molecule has 102 valence electrons. The first kappa shape index (κ1) is 15.5. The van der Waals surface area contributed by atoms with E-state index in [1.54, 1.807) is 0 Å². The Bertz CT molecular complexity index is 379. The molecule has 3 heteroatoms. The average Bonchev–Trinajstić information content (AvgIpc) is 2.29. The first-order valence-electron chi connectivity index (χ1n) is 6.65. The van der Waals surface area contributed by atoms with Crippen LogP contribution in [0.3, 0.4) is 0 Å². The molecule has 0 radical (unpaired) electrons. The Balaban J connectivity index is 2.96. The second-order valence-electron chi connectivity index (χ2n) is 5.03. The highest BCUT2D eigenvalue weighted by molar-refractivity contribution is 9.10. The zero-order valence-electron chi connectivity index (χ0n) is 12.0. The van der Waals surface area contributed by atoms with Gasteiger partial charge in [-0.1, -0.05) is 42.8 Å². The van der Waals surface area contributed by atoms with Crippen molar-refractivity contribution in [3.63, 3.8) is 0 Å². The number of rotatable bonds is 6. The number of halogens is 1. The first-order valence-corrected chi connectivity index (χ1v) is 7.44. The molecular formula is C15H24BrNO. The fraction of sp³-hybridized carbons (Fsp3) is 0.600. The minimum Gasteiger partial charge on any atom is -0.490 e. The molecule has 1 aromatic carbocycles. The Kier molecular flexibility index (Phi) is 6.16. The maximum atomic E-state index is 6.09. The smallest absolute Gasteiger partial charge is 0.125 e. The summed E-state index contributed by atoms with van der Waals surface area (Å²) >= 11 is 3.51. The van der Waals surface area contributed by atoms with Crippen molar-refractivity contribution in [1.29, 1.82) is 0 Å². The highest BCUT2D eigenvalue weighted by Gasteiger charge is 2.15. The molecule has 2 nitrogen and oxygen atoms in total. The van der Waals surface area contributed by atoms with Crippen LogP contribution in [0.25, 0.3) is 0 Å². The molecular weight excluding hydrogens is 290 g/mol. The van der Waals surface area contributed by atoms with E-state index < -0.39 is 0 Å². The summed E-state index contributed by atoms with van der Waals surface area (Å²) in [5, 5.41) is 3.43. The van der Waals surface area contributed by atoms with Crippen LogP contribution in [-0.4, -0.2) is 12.6 Å². The van der Waals surface area contributed by atoms with Crippen molar-refractivity contribution in [3.8, 4) is 5.75 Å². The van der Waals surface area contributed by atoms with E-state index in [0.29, 0.717) is 12.0 Å². The lowest BCUT2D eigenvalue weighted by atomic mass is 10.1. The van der Waals surface area contributed by atoms with E-state index in [9.17, 15) is 0 Å². The molecule has 0 heterocycles. The zero-order chi connectivity index (χ0) is 13.7. The van der Waals surface area contributed by atoms with E-state index in [-0.39, 0.29) is 6.10 Å². The molecule has 0 aromatic heterocycles. The molecule has 0 amide bonds. The van der Waals surface area contributed by atoms with E-state index in [4.69, 9.17) is 4.74 Å². The molecule has 1 rings (SSSR count). The lowest BCUT2D eigenvalue weighted by Crippen LogP contribution is -2.22. The van der Waals surface area contributed by atoms with E-state index in [1.807, 2.05) is 0 Å². The summed E-state index contributed by atoms with van der Waals surface area (Å²) < 4.78 is 7.14. The summed E-state index contributed by atoms with van der Waals surface area (Å²) in [6, 6.07) is 6.55. The van der Waals surface area contributed by atoms with Crippen molar-refractivity contribution in [2.24, 2.45) is 5.92 Å². The summed E-state index contributed by atoms with van der Waals surface area (Å²) in [7, 11) is 0. The van der Waals surface area contributed by atoms with E-state index in [2.05, 4.69) is 74.1 Å². The van der Waals surface area contributed by atoms with Crippen molar-refractivity contribution in [2.45, 2.75) is 46.8 Å². The van der Waals surface area contributed by atoms with Crippen LogP contribution >= 0.6 is 15.9 Å². The summed E-state index contributed by atoms with van der Waals surface area (Å²) in [6.45, 7) is 11.7. The highest BCUT2D eigenvalue weighted by atomic mass is 79.9. The molecule has 0 saturated heterocycles. The van der Waals surface area contributed by atoms with Gasteiger partial charge in [-0.05, 0) is 38.4 Å². The second kappa shape index (κ2) is 7.15. The molecule has 1 N–H and O–H groups in total. The van der Waals surface area contributed by atoms with Gasteiger partial charge in [-0.3, -0.25) is 0 Å². The SMILES string of the molecule is CCNC(C)c1ccc(Br)cc1OC(C)C(C)C. The minimum absolute atomic E-state index is 0.215. The molecule has 18 heavy (non-hydrogen) atoms. The van der Waals surface area contributed by atoms with Gasteiger partial charge in [-0.15, -0.1) is 0 Å². The third-order valence-electron chi connectivity index (χ3n) is 3.20. The van der Waals surface area contributed by atoms with E-state index >= 15 is 0 Å². The quantitative estimate of drug-likeness (QED) is 0.832. The molecule has 0 aliphatic rings. The topological polar surface area (TPSA) is 21.3 Å². The van der Waals surface area contributed by atoms with Gasteiger partial charge in [0.15, 0.2) is 0 Å². The van der Waals surface area contributed by atoms with Gasteiger partial charge in [0, 0.05) is 16.1 Å². The Labute approximate surface area is 119 Å². The number of ether oxygens (including phenoxy) is 1. The zero-order valence-corrected chi connectivity index (χ0v) is 13.5. The Morgan fingerprint density at radius 1 is 1.22 bits per heavy atom. The van der Waals surface area contributed by atoms with Crippen molar-refractivity contribution in [2.75, 3.05) is 6.54 Å². The minimum atomic E-state index is 0.215. The van der Waals surface area contributed by atoms with Crippen LogP contribution in [0.1, 0.15) is 46.2 Å². The molecule has 0 saturated carbocycles. The van der Waals surface area contributed by atoms with Gasteiger partial charge in [0.1, 0.15) is 5.75 Å². The number of hydrogen-bond acceptors (Lipinski definition) is 2. The normalized spacial score (nSPS) is 14.6. The van der Waals surface area contributed by atoms with Crippen LogP contribution in [0.15, 0.2) is 22.7 Å². The van der Waals surface area contributed by atoms with Gasteiger partial charge >= 0.3 is 0 Å². The van der Waals surface area contributed by atoms with Crippen molar-refractivity contribution < 1.29 is 4.74 Å². The molecule has 0 bridgehead atoms. The second-order valence-corrected chi connectivity index (χ2v) is 5.94. The van der Waals surface area contributed by atoms with Crippen molar-refractivity contribution in [1.82, 2.24) is 5.32 Å². The molecule has 2 atom stereocenters. The van der Waals surface area contributed by atoms with Gasteiger partial charge in [0.05, 0.1) is 6.10 Å². The Hall–Kier alpha value is -0.540. The van der Waals surface area contributed by atoms with Crippen LogP contribution in [0, 0.1) is 5.92 Å². The summed E-state index contributed by atoms with van der Waals surface area (Å²) in [6.07, 6.45) is 0.215. The van der Waals surface area contributed by atoms with Crippen LogP contribution in [0.2, 0.25) is 0 Å². The molecule has 0 aliphatic carbocycles. The van der Waals surface area contributed by atoms with Gasteiger partial charge in [-0.2, -0.15) is 0 Å². The molecule has 0 spiro atoms. The summed E-state index contributed by atoms with van der Waals surface area (Å²) in [5.74, 6) is 1.48. The first-order chi connectivity index (χ1) is 8.45. The molecule has 0 aliphatic heterocycles. The number of benzene rings is 1. The van der Waals surface area contributed by atoms with Crippen LogP contribution in [0.5, 0.6) is 5.75 Å². The third-order valence-corrected chi connectivity index (χ3v) is 3.70. The largest absolute Gasteiger partial charge is 0.490 e. The van der Waals surface area contributed by atoms with Gasteiger partial charge < -0.3 is 10.1 Å². The lowest BCUT2D eigenvalue weighted by Gasteiger charge is -2.23. The van der Waals surface area contributed by atoms with Gasteiger partial charge in [0.25, 0.3) is 0 Å². The lowest BCUT2D eigenvalue weighted by molar-refractivity contribution is 0.167. The van der Waals surface area contributed by atoms with Crippen LogP contribution in [0.4, 0.5) is 0 Å². The van der Waals surface area contributed by atoms with Crippen molar-refractivity contribution >= 4 is 15.9 Å². The van der Waals surface area contributed by atoms with E-state index in [1.165, 1.54) is 5.56 Å². The predicted octanol–water partition coefficient (Wildman–Crippen LogP) is 4.54. The van der Waals surface area contributed by atoms with E-state index in [0.717, 1.165) is 16.8 Å². The summed E-state index contributed by atoms with van der Waals surface area (Å²) in [4.78, 5) is 0. The van der Waals surface area contributed by atoms with Crippen molar-refractivity contribution in [3.05, 3.63) is 28.2 Å². The maximum Gasteiger partial charge on any atom is 0.125 e. The Morgan fingerprint density at radius 3 is 2.44 bits per heavy atom. The standard InChI is InChI=1S/C15H24BrNO/c1-6-17-11(4)14-8-7-13(16)9-15(14)18-12(5)10(2)3/h7-12,17H,6H2,1-5H3. The van der Waals surface area contributed by atoms with Gasteiger partial charge in [-0.25, -0.2) is 0 Å². The third kappa shape index (κ3) is 4.29. The Morgan fingerprint density at radius 2 is 1.89 bits per heavy atom. The molecule has 2 unspecified atom stereocenters. The number of hydrogen-bond donors (Lipinski definition) is 1. The highest BCUT2D eigenvalue weighted by Crippen LogP contribution is 2.30. The fourth-order valence-electron chi connectivity index (χ4n) is 1.72.